The Bertz CT molecular complexity index is 367. The van der Waals surface area contributed by atoms with Crippen molar-refractivity contribution in [2.24, 2.45) is 5.73 Å². The normalized spacial score (nSPS) is 10.3. The molecule has 0 atom stereocenters. The number of carbonyl (C=O) groups is 1. The van der Waals surface area contributed by atoms with Crippen molar-refractivity contribution in [1.29, 1.82) is 0 Å². The van der Waals surface area contributed by atoms with Crippen LogP contribution < -0.4 is 11.1 Å². The number of rotatable bonds is 8. The van der Waals surface area contributed by atoms with Crippen molar-refractivity contribution < 1.29 is 9.53 Å². The molecule has 1 amide bonds. The van der Waals surface area contributed by atoms with E-state index in [1.807, 2.05) is 31.2 Å². The SMILES string of the molecule is CCOCCCNC(=O)Cc1ccccc1CN. The van der Waals surface area contributed by atoms with Crippen LogP contribution in [0.15, 0.2) is 24.3 Å². The monoisotopic (exact) mass is 250 g/mol. The largest absolute Gasteiger partial charge is 0.382 e. The molecule has 0 radical (unpaired) electrons. The number of hydrogen-bond acceptors (Lipinski definition) is 3. The van der Waals surface area contributed by atoms with E-state index in [4.69, 9.17) is 10.5 Å². The molecule has 100 valence electrons. The summed E-state index contributed by atoms with van der Waals surface area (Å²) in [5, 5.41) is 2.88. The quantitative estimate of drug-likeness (QED) is 0.682. The predicted molar refractivity (Wildman–Crippen MR) is 72.2 cm³/mol. The van der Waals surface area contributed by atoms with E-state index in [1.54, 1.807) is 0 Å². The van der Waals surface area contributed by atoms with Gasteiger partial charge >= 0.3 is 0 Å². The molecule has 1 aromatic rings. The molecule has 0 bridgehead atoms. The second-order valence-corrected chi connectivity index (χ2v) is 4.05. The molecule has 0 aliphatic carbocycles. The van der Waals surface area contributed by atoms with E-state index in [0.29, 0.717) is 26.1 Å². The van der Waals surface area contributed by atoms with E-state index >= 15 is 0 Å². The third kappa shape index (κ3) is 5.29. The Balaban J connectivity index is 2.31. The van der Waals surface area contributed by atoms with Gasteiger partial charge in [-0.25, -0.2) is 0 Å². The third-order valence-corrected chi connectivity index (χ3v) is 2.68. The average molecular weight is 250 g/mol. The first-order valence-electron chi connectivity index (χ1n) is 6.39. The Morgan fingerprint density at radius 2 is 2.06 bits per heavy atom. The van der Waals surface area contributed by atoms with E-state index in [0.717, 1.165) is 24.2 Å². The van der Waals surface area contributed by atoms with Gasteiger partial charge in [-0.15, -0.1) is 0 Å². The number of carbonyl (C=O) groups excluding carboxylic acids is 1. The highest BCUT2D eigenvalue weighted by Gasteiger charge is 2.05. The summed E-state index contributed by atoms with van der Waals surface area (Å²) in [6.07, 6.45) is 1.24. The van der Waals surface area contributed by atoms with E-state index in [-0.39, 0.29) is 5.91 Å². The van der Waals surface area contributed by atoms with Crippen LogP contribution in [0.1, 0.15) is 24.5 Å². The van der Waals surface area contributed by atoms with Crippen LogP contribution in [0.2, 0.25) is 0 Å². The first-order chi connectivity index (χ1) is 8.77. The molecule has 4 heteroatoms. The number of amides is 1. The average Bonchev–Trinajstić information content (AvgIpc) is 2.39. The summed E-state index contributed by atoms with van der Waals surface area (Å²) in [5.74, 6) is 0.0346. The van der Waals surface area contributed by atoms with Gasteiger partial charge in [0.15, 0.2) is 0 Å². The lowest BCUT2D eigenvalue weighted by atomic mass is 10.0. The molecule has 0 fully saturated rings. The minimum atomic E-state index is 0.0346. The van der Waals surface area contributed by atoms with Crippen LogP contribution in [0, 0.1) is 0 Å². The molecule has 0 saturated carbocycles. The standard InChI is InChI=1S/C14H22N2O2/c1-2-18-9-5-8-16-14(17)10-12-6-3-4-7-13(12)11-15/h3-4,6-7H,2,5,8-11,15H2,1H3,(H,16,17). The minimum absolute atomic E-state index is 0.0346. The van der Waals surface area contributed by atoms with Crippen molar-refractivity contribution in [3.8, 4) is 0 Å². The summed E-state index contributed by atoms with van der Waals surface area (Å²) in [5.41, 5.74) is 7.66. The zero-order chi connectivity index (χ0) is 13.2. The fourth-order valence-electron chi connectivity index (χ4n) is 1.71. The molecule has 1 rings (SSSR count). The van der Waals surface area contributed by atoms with E-state index < -0.39 is 0 Å². The Morgan fingerprint density at radius 1 is 1.33 bits per heavy atom. The maximum atomic E-state index is 11.7. The zero-order valence-electron chi connectivity index (χ0n) is 10.9. The Hall–Kier alpha value is -1.39. The Morgan fingerprint density at radius 3 is 2.72 bits per heavy atom. The Labute approximate surface area is 109 Å². The van der Waals surface area contributed by atoms with Gasteiger partial charge in [0.05, 0.1) is 6.42 Å². The summed E-state index contributed by atoms with van der Waals surface area (Å²) in [6, 6.07) is 7.77. The highest BCUT2D eigenvalue weighted by Crippen LogP contribution is 2.08. The van der Waals surface area contributed by atoms with Crippen molar-refractivity contribution >= 4 is 5.91 Å². The summed E-state index contributed by atoms with van der Waals surface area (Å²) in [6.45, 7) is 4.49. The first-order valence-corrected chi connectivity index (χ1v) is 6.39. The third-order valence-electron chi connectivity index (χ3n) is 2.68. The lowest BCUT2D eigenvalue weighted by molar-refractivity contribution is -0.120. The molecule has 3 N–H and O–H groups in total. The highest BCUT2D eigenvalue weighted by molar-refractivity contribution is 5.78. The second kappa shape index (κ2) is 8.66. The van der Waals surface area contributed by atoms with Gasteiger partial charge in [0.1, 0.15) is 0 Å². The van der Waals surface area contributed by atoms with Crippen molar-refractivity contribution in [2.75, 3.05) is 19.8 Å². The second-order valence-electron chi connectivity index (χ2n) is 4.05. The molecule has 1 aromatic carbocycles. The van der Waals surface area contributed by atoms with Gasteiger partial charge in [-0.2, -0.15) is 0 Å². The van der Waals surface area contributed by atoms with Crippen LogP contribution in [-0.2, 0) is 22.5 Å². The molecule has 0 aromatic heterocycles. The molecule has 0 spiro atoms. The van der Waals surface area contributed by atoms with Crippen molar-refractivity contribution in [3.05, 3.63) is 35.4 Å². The van der Waals surface area contributed by atoms with E-state index in [9.17, 15) is 4.79 Å². The summed E-state index contributed by atoms with van der Waals surface area (Å²) in [4.78, 5) is 11.7. The predicted octanol–water partition coefficient (Wildman–Crippen LogP) is 1.23. The van der Waals surface area contributed by atoms with Gasteiger partial charge in [0.25, 0.3) is 0 Å². The Kier molecular flexibility index (Phi) is 7.06. The van der Waals surface area contributed by atoms with Crippen molar-refractivity contribution in [2.45, 2.75) is 26.3 Å². The number of benzene rings is 1. The molecule has 0 aliphatic heterocycles. The smallest absolute Gasteiger partial charge is 0.224 e. The molecule has 0 unspecified atom stereocenters. The number of nitrogens with one attached hydrogen (secondary N) is 1. The summed E-state index contributed by atoms with van der Waals surface area (Å²) in [7, 11) is 0. The topological polar surface area (TPSA) is 64.3 Å². The van der Waals surface area contributed by atoms with Crippen LogP contribution >= 0.6 is 0 Å². The molecular formula is C14H22N2O2. The molecule has 0 saturated heterocycles. The van der Waals surface area contributed by atoms with Crippen LogP contribution in [-0.4, -0.2) is 25.7 Å². The molecule has 18 heavy (non-hydrogen) atoms. The minimum Gasteiger partial charge on any atom is -0.382 e. The highest BCUT2D eigenvalue weighted by atomic mass is 16.5. The van der Waals surface area contributed by atoms with Gasteiger partial charge in [-0.3, -0.25) is 4.79 Å². The number of nitrogens with two attached hydrogens (primary N) is 1. The van der Waals surface area contributed by atoms with Crippen LogP contribution in [0.3, 0.4) is 0 Å². The molecule has 0 heterocycles. The lowest BCUT2D eigenvalue weighted by Gasteiger charge is -2.08. The van der Waals surface area contributed by atoms with Crippen LogP contribution in [0.25, 0.3) is 0 Å². The maximum absolute atomic E-state index is 11.7. The van der Waals surface area contributed by atoms with Gasteiger partial charge in [-0.05, 0) is 24.5 Å². The number of hydrogen-bond donors (Lipinski definition) is 2. The maximum Gasteiger partial charge on any atom is 0.224 e. The van der Waals surface area contributed by atoms with E-state index in [1.165, 1.54) is 0 Å². The van der Waals surface area contributed by atoms with Crippen molar-refractivity contribution in [1.82, 2.24) is 5.32 Å². The lowest BCUT2D eigenvalue weighted by Crippen LogP contribution is -2.27. The first kappa shape index (κ1) is 14.7. The molecule has 0 aliphatic rings. The zero-order valence-corrected chi connectivity index (χ0v) is 10.9. The van der Waals surface area contributed by atoms with Crippen LogP contribution in [0.4, 0.5) is 0 Å². The van der Waals surface area contributed by atoms with Gasteiger partial charge in [0, 0.05) is 26.3 Å². The fraction of sp³-hybridized carbons (Fsp3) is 0.500. The van der Waals surface area contributed by atoms with E-state index in [2.05, 4.69) is 5.32 Å². The molecule has 4 nitrogen and oxygen atoms in total. The van der Waals surface area contributed by atoms with Gasteiger partial charge in [-0.1, -0.05) is 24.3 Å². The molecular weight excluding hydrogens is 228 g/mol. The van der Waals surface area contributed by atoms with Gasteiger partial charge < -0.3 is 15.8 Å². The summed E-state index contributed by atoms with van der Waals surface area (Å²) < 4.78 is 5.20. The van der Waals surface area contributed by atoms with Crippen LogP contribution in [0.5, 0.6) is 0 Å². The van der Waals surface area contributed by atoms with Crippen molar-refractivity contribution in [3.63, 3.8) is 0 Å². The fourth-order valence-corrected chi connectivity index (χ4v) is 1.71. The van der Waals surface area contributed by atoms with Gasteiger partial charge in [0.2, 0.25) is 5.91 Å². The summed E-state index contributed by atoms with van der Waals surface area (Å²) >= 11 is 0. The number of ether oxygens (including phenoxy) is 1.